The zero-order valence-corrected chi connectivity index (χ0v) is 18.1. The van der Waals surface area contributed by atoms with Crippen LogP contribution in [0.4, 0.5) is 0 Å². The van der Waals surface area contributed by atoms with E-state index in [1.54, 1.807) is 4.90 Å². The normalized spacial score (nSPS) is 22.6. The minimum absolute atomic E-state index is 0.0417. The van der Waals surface area contributed by atoms with Crippen molar-refractivity contribution >= 4 is 16.1 Å². The van der Waals surface area contributed by atoms with Gasteiger partial charge < -0.3 is 14.4 Å². The molecule has 0 atom stereocenters. The molecule has 0 N–H and O–H groups in total. The third-order valence-corrected chi connectivity index (χ3v) is 7.86. The second-order valence-electron chi connectivity index (χ2n) is 7.82. The molecular weight excluding hydrogens is 408 g/mol. The lowest BCUT2D eigenvalue weighted by molar-refractivity contribution is -0.132. The molecular formula is C20H30N4O5S. The van der Waals surface area contributed by atoms with Gasteiger partial charge in [-0.1, -0.05) is 18.2 Å². The van der Waals surface area contributed by atoms with E-state index in [0.717, 1.165) is 11.3 Å². The van der Waals surface area contributed by atoms with E-state index in [0.29, 0.717) is 85.1 Å². The Morgan fingerprint density at radius 3 is 2.50 bits per heavy atom. The molecule has 9 nitrogen and oxygen atoms in total. The maximum atomic E-state index is 12.9. The number of carbonyl (C=O) groups is 1. The Hall–Kier alpha value is -1.72. The average molecular weight is 439 g/mol. The number of hydrogen-bond acceptors (Lipinski definition) is 6. The van der Waals surface area contributed by atoms with Crippen molar-refractivity contribution < 1.29 is 22.7 Å². The molecule has 10 heteroatoms. The highest BCUT2D eigenvalue weighted by atomic mass is 32.2. The molecule has 1 aromatic carbocycles. The van der Waals surface area contributed by atoms with Crippen LogP contribution >= 0.6 is 0 Å². The molecule has 0 spiro atoms. The maximum absolute atomic E-state index is 12.9. The van der Waals surface area contributed by atoms with E-state index >= 15 is 0 Å². The number of para-hydroxylation sites is 1. The lowest BCUT2D eigenvalue weighted by Gasteiger charge is -2.31. The smallest absolute Gasteiger partial charge is 0.282 e. The second kappa shape index (κ2) is 9.61. The Labute approximate surface area is 178 Å². The lowest BCUT2D eigenvalue weighted by Crippen LogP contribution is -2.49. The Balaban J connectivity index is 1.33. The first-order chi connectivity index (χ1) is 14.5. The number of fused-ring (bicyclic) bond motifs is 1. The molecule has 1 amide bonds. The zero-order valence-electron chi connectivity index (χ0n) is 17.2. The first kappa shape index (κ1) is 21.5. The minimum Gasteiger partial charge on any atom is -0.492 e. The van der Waals surface area contributed by atoms with Crippen LogP contribution in [0.15, 0.2) is 24.3 Å². The van der Waals surface area contributed by atoms with E-state index in [-0.39, 0.29) is 5.91 Å². The number of benzene rings is 1. The number of nitrogens with zero attached hydrogens (tertiary/aromatic N) is 4. The summed E-state index contributed by atoms with van der Waals surface area (Å²) in [7, 11) is -3.50. The SMILES string of the molecule is O=C(CN1CCOc2ccccc2C1)N1CCCN(S(=O)(=O)N2CCOCC2)CC1. The highest BCUT2D eigenvalue weighted by Gasteiger charge is 2.33. The summed E-state index contributed by atoms with van der Waals surface area (Å²) in [6, 6.07) is 7.91. The van der Waals surface area contributed by atoms with Gasteiger partial charge in [0.25, 0.3) is 10.2 Å². The van der Waals surface area contributed by atoms with Gasteiger partial charge in [-0.05, 0) is 12.5 Å². The maximum Gasteiger partial charge on any atom is 0.282 e. The largest absolute Gasteiger partial charge is 0.492 e. The fraction of sp³-hybridized carbons (Fsp3) is 0.650. The van der Waals surface area contributed by atoms with Crippen molar-refractivity contribution in [3.8, 4) is 5.75 Å². The molecule has 3 heterocycles. The van der Waals surface area contributed by atoms with Crippen molar-refractivity contribution in [2.45, 2.75) is 13.0 Å². The van der Waals surface area contributed by atoms with E-state index in [1.807, 2.05) is 24.3 Å². The summed E-state index contributed by atoms with van der Waals surface area (Å²) in [6.45, 7) is 5.63. The van der Waals surface area contributed by atoms with Gasteiger partial charge in [-0.3, -0.25) is 9.69 Å². The van der Waals surface area contributed by atoms with Crippen LogP contribution in [0.3, 0.4) is 0 Å². The summed E-state index contributed by atoms with van der Waals surface area (Å²) in [6.07, 6.45) is 0.640. The Morgan fingerprint density at radius 1 is 0.900 bits per heavy atom. The fourth-order valence-corrected chi connectivity index (χ4v) is 5.73. The van der Waals surface area contributed by atoms with E-state index < -0.39 is 10.2 Å². The van der Waals surface area contributed by atoms with Crippen molar-refractivity contribution in [2.24, 2.45) is 0 Å². The second-order valence-corrected chi connectivity index (χ2v) is 9.75. The standard InChI is InChI=1S/C20H30N4O5S/c25-20(17-21-10-15-29-19-5-2-1-4-18(19)16-21)22-6-3-7-23(9-8-22)30(26,27)24-11-13-28-14-12-24/h1-2,4-5H,3,6-17H2. The number of rotatable bonds is 4. The predicted molar refractivity (Wildman–Crippen MR) is 111 cm³/mol. The molecule has 0 radical (unpaired) electrons. The molecule has 3 aliphatic rings. The molecule has 166 valence electrons. The molecule has 2 fully saturated rings. The van der Waals surface area contributed by atoms with Gasteiger partial charge in [0.15, 0.2) is 0 Å². The van der Waals surface area contributed by atoms with Crippen LogP contribution in [0.2, 0.25) is 0 Å². The highest BCUT2D eigenvalue weighted by Crippen LogP contribution is 2.22. The molecule has 0 bridgehead atoms. The highest BCUT2D eigenvalue weighted by molar-refractivity contribution is 7.86. The van der Waals surface area contributed by atoms with Gasteiger partial charge in [-0.25, -0.2) is 0 Å². The summed E-state index contributed by atoms with van der Waals surface area (Å²) in [5, 5.41) is 0. The van der Waals surface area contributed by atoms with E-state index in [4.69, 9.17) is 9.47 Å². The molecule has 3 aliphatic heterocycles. The summed E-state index contributed by atoms with van der Waals surface area (Å²) in [5.74, 6) is 0.922. The molecule has 2 saturated heterocycles. The molecule has 4 rings (SSSR count). The van der Waals surface area contributed by atoms with Gasteiger partial charge in [0.1, 0.15) is 12.4 Å². The monoisotopic (exact) mass is 438 g/mol. The molecule has 0 aliphatic carbocycles. The first-order valence-electron chi connectivity index (χ1n) is 10.6. The Kier molecular flexibility index (Phi) is 6.89. The molecule has 1 aromatic rings. The molecule has 0 aromatic heterocycles. The van der Waals surface area contributed by atoms with E-state index in [1.165, 1.54) is 8.61 Å². The van der Waals surface area contributed by atoms with Gasteiger partial charge in [0.2, 0.25) is 5.91 Å². The summed E-state index contributed by atoms with van der Waals surface area (Å²) < 4.78 is 39.9. The molecule has 30 heavy (non-hydrogen) atoms. The Morgan fingerprint density at radius 2 is 1.67 bits per heavy atom. The minimum atomic E-state index is -3.50. The van der Waals surface area contributed by atoms with Crippen molar-refractivity contribution in [1.82, 2.24) is 18.4 Å². The van der Waals surface area contributed by atoms with Crippen LogP contribution in [0.25, 0.3) is 0 Å². The van der Waals surface area contributed by atoms with Crippen LogP contribution in [0, 0.1) is 0 Å². The third-order valence-electron chi connectivity index (χ3n) is 5.82. The lowest BCUT2D eigenvalue weighted by atomic mass is 10.2. The van der Waals surface area contributed by atoms with Gasteiger partial charge in [-0.15, -0.1) is 0 Å². The van der Waals surface area contributed by atoms with Gasteiger partial charge in [-0.2, -0.15) is 17.0 Å². The van der Waals surface area contributed by atoms with Crippen LogP contribution in [0.5, 0.6) is 5.75 Å². The van der Waals surface area contributed by atoms with E-state index in [9.17, 15) is 13.2 Å². The van der Waals surface area contributed by atoms with Gasteiger partial charge in [0.05, 0.1) is 19.8 Å². The van der Waals surface area contributed by atoms with Crippen LogP contribution in [0.1, 0.15) is 12.0 Å². The Bertz CT molecular complexity index is 843. The van der Waals surface area contributed by atoms with Crippen LogP contribution in [-0.2, 0) is 26.3 Å². The number of carbonyl (C=O) groups excluding carboxylic acids is 1. The summed E-state index contributed by atoms with van der Waals surface area (Å²) in [4.78, 5) is 16.8. The third kappa shape index (κ3) is 4.94. The predicted octanol–water partition coefficient (Wildman–Crippen LogP) is -0.00770. The average Bonchev–Trinajstić information content (AvgIpc) is 3.13. The van der Waals surface area contributed by atoms with Crippen LogP contribution < -0.4 is 4.74 Å². The van der Waals surface area contributed by atoms with Gasteiger partial charge >= 0.3 is 0 Å². The number of ether oxygens (including phenoxy) is 2. The number of hydrogen-bond donors (Lipinski definition) is 0. The van der Waals surface area contributed by atoms with E-state index in [2.05, 4.69) is 4.90 Å². The number of amides is 1. The van der Waals surface area contributed by atoms with Crippen molar-refractivity contribution in [2.75, 3.05) is 72.2 Å². The first-order valence-corrected chi connectivity index (χ1v) is 12.0. The van der Waals surface area contributed by atoms with Crippen molar-refractivity contribution in [3.05, 3.63) is 29.8 Å². The summed E-state index contributed by atoms with van der Waals surface area (Å²) in [5.41, 5.74) is 1.08. The van der Waals surface area contributed by atoms with Gasteiger partial charge in [0, 0.05) is 57.9 Å². The fourth-order valence-electron chi connectivity index (χ4n) is 4.12. The van der Waals surface area contributed by atoms with Crippen molar-refractivity contribution in [1.29, 1.82) is 0 Å². The molecule has 0 saturated carbocycles. The topological polar surface area (TPSA) is 82.6 Å². The quantitative estimate of drug-likeness (QED) is 0.658. The molecule has 0 unspecified atom stereocenters. The summed E-state index contributed by atoms with van der Waals surface area (Å²) >= 11 is 0. The zero-order chi connectivity index (χ0) is 21.0. The number of morpholine rings is 1. The van der Waals surface area contributed by atoms with Crippen LogP contribution in [-0.4, -0.2) is 105 Å². The van der Waals surface area contributed by atoms with Crippen molar-refractivity contribution in [3.63, 3.8) is 0 Å².